The Labute approximate surface area is 560 Å². The van der Waals surface area contributed by atoms with Crippen LogP contribution in [0.1, 0.15) is 284 Å². The van der Waals surface area contributed by atoms with Crippen LogP contribution in [0.2, 0.25) is 0 Å². The van der Waals surface area contributed by atoms with Crippen LogP contribution in [0.5, 0.6) is 28.7 Å². The highest BCUT2D eigenvalue weighted by Gasteiger charge is 2.27. The zero-order valence-corrected chi connectivity index (χ0v) is 60.3. The lowest BCUT2D eigenvalue weighted by molar-refractivity contribution is -0.0202. The summed E-state index contributed by atoms with van der Waals surface area (Å²) in [5.41, 5.74) is 2.98. The van der Waals surface area contributed by atoms with E-state index >= 15 is 0 Å². The van der Waals surface area contributed by atoms with E-state index in [0.717, 1.165) is 144 Å². The van der Waals surface area contributed by atoms with E-state index in [2.05, 4.69) is 98.7 Å². The van der Waals surface area contributed by atoms with Crippen LogP contribution in [-0.4, -0.2) is 81.2 Å². The lowest BCUT2D eigenvalue weighted by Crippen LogP contribution is -2.35. The molecule has 520 valence electrons. The van der Waals surface area contributed by atoms with Crippen LogP contribution in [0, 0.1) is 11.8 Å². The summed E-state index contributed by atoms with van der Waals surface area (Å²) in [5.74, 6) is 5.58. The summed E-state index contributed by atoms with van der Waals surface area (Å²) in [5, 5.41) is 50.8. The average Bonchev–Trinajstić information content (AvgIpc) is 2.42. The Balaban J connectivity index is 0.000000576. The zero-order chi connectivity index (χ0) is 68.6. The van der Waals surface area contributed by atoms with Crippen LogP contribution >= 0.6 is 0 Å². The van der Waals surface area contributed by atoms with E-state index in [-0.39, 0.29) is 25.1 Å². The van der Waals surface area contributed by atoms with Crippen molar-refractivity contribution in [2.45, 2.75) is 281 Å². The number of hydrogen-bond acceptors (Lipinski definition) is 11. The van der Waals surface area contributed by atoms with Crippen molar-refractivity contribution in [1.29, 1.82) is 0 Å². The summed E-state index contributed by atoms with van der Waals surface area (Å²) >= 11 is 0. The molecule has 0 amide bonds. The van der Waals surface area contributed by atoms with Gasteiger partial charge in [0.1, 0.15) is 48.6 Å². The van der Waals surface area contributed by atoms with Crippen molar-refractivity contribution in [3.63, 3.8) is 0 Å². The minimum absolute atomic E-state index is 0.139. The molecule has 5 aromatic carbocycles. The van der Waals surface area contributed by atoms with Crippen molar-refractivity contribution in [2.75, 3.05) is 33.0 Å². The summed E-state index contributed by atoms with van der Waals surface area (Å²) in [4.78, 5) is 11.9. The van der Waals surface area contributed by atoms with Gasteiger partial charge in [0.25, 0.3) is 0 Å². The first-order valence-electron chi connectivity index (χ1n) is 35.8. The highest BCUT2D eigenvalue weighted by atomic mass is 16.5. The summed E-state index contributed by atoms with van der Waals surface area (Å²) in [6, 6.07) is 39.3. The molecule has 0 bridgehead atoms. The summed E-state index contributed by atoms with van der Waals surface area (Å²) in [6.45, 7) is 33.9. The molecule has 0 fully saturated rings. The predicted octanol–water partition coefficient (Wildman–Crippen LogP) is 20.6. The molecule has 0 saturated carbocycles. The fraction of sp³-hybridized carbons (Fsp3) is 0.617. The van der Waals surface area contributed by atoms with Crippen molar-refractivity contribution in [3.05, 3.63) is 149 Å². The second kappa shape index (κ2) is 50.1. The summed E-state index contributed by atoms with van der Waals surface area (Å²) < 4.78 is 28.7. The normalized spacial score (nSPS) is 12.0. The molecule has 0 saturated heterocycles. The van der Waals surface area contributed by atoms with Gasteiger partial charge in [0.15, 0.2) is 5.78 Å². The fourth-order valence-electron chi connectivity index (χ4n) is 9.89. The molecule has 2 unspecified atom stereocenters. The van der Waals surface area contributed by atoms with E-state index in [1.165, 1.54) is 36.8 Å². The van der Waals surface area contributed by atoms with Crippen molar-refractivity contribution < 1.29 is 54.0 Å². The van der Waals surface area contributed by atoms with E-state index in [0.29, 0.717) is 54.8 Å². The molecule has 11 nitrogen and oxygen atoms in total. The highest BCUT2D eigenvalue weighted by Crippen LogP contribution is 2.28. The Morgan fingerprint density at radius 1 is 0.424 bits per heavy atom. The van der Waals surface area contributed by atoms with Gasteiger partial charge in [-0.05, 0) is 185 Å². The van der Waals surface area contributed by atoms with Gasteiger partial charge in [-0.3, -0.25) is 4.79 Å². The van der Waals surface area contributed by atoms with Gasteiger partial charge in [0, 0.05) is 12.0 Å². The number of ether oxygens (including phenoxy) is 5. The predicted molar refractivity (Wildman–Crippen MR) is 385 cm³/mol. The van der Waals surface area contributed by atoms with Gasteiger partial charge in [-0.25, -0.2) is 0 Å². The van der Waals surface area contributed by atoms with Crippen LogP contribution in [0.15, 0.2) is 121 Å². The molecule has 2 atom stereocenters. The Hall–Kier alpha value is -5.43. The lowest BCUT2D eigenvalue weighted by Gasteiger charge is -2.27. The number of Topliss-reactive ketones (excluding diaryl/α,β-unsaturated/α-hetero) is 1. The van der Waals surface area contributed by atoms with Crippen LogP contribution in [0.4, 0.5) is 0 Å². The molecule has 92 heavy (non-hydrogen) atoms. The topological polar surface area (TPSA) is 164 Å². The van der Waals surface area contributed by atoms with Crippen molar-refractivity contribution in [3.8, 4) is 28.7 Å². The summed E-state index contributed by atoms with van der Waals surface area (Å²) in [6.07, 6.45) is 20.8. The van der Waals surface area contributed by atoms with E-state index in [4.69, 9.17) is 23.7 Å². The number of aliphatic hydroxyl groups is 5. The number of carbonyl (C=O) groups is 1. The quantitative estimate of drug-likeness (QED) is 0.0237. The third-order valence-electron chi connectivity index (χ3n) is 16.9. The number of hydrogen-bond donors (Lipinski definition) is 5. The van der Waals surface area contributed by atoms with E-state index in [9.17, 15) is 30.3 Å². The van der Waals surface area contributed by atoms with E-state index in [1.54, 1.807) is 6.07 Å². The van der Waals surface area contributed by atoms with Crippen molar-refractivity contribution >= 4 is 5.78 Å². The molecule has 0 aliphatic carbocycles. The third-order valence-corrected chi connectivity index (χ3v) is 16.9. The first-order valence-corrected chi connectivity index (χ1v) is 35.8. The van der Waals surface area contributed by atoms with Crippen molar-refractivity contribution in [2.24, 2.45) is 11.8 Å². The second-order valence-electron chi connectivity index (χ2n) is 25.4. The lowest BCUT2D eigenvalue weighted by atomic mass is 9.94. The van der Waals surface area contributed by atoms with Gasteiger partial charge in [-0.1, -0.05) is 216 Å². The maximum absolute atomic E-state index is 11.9. The van der Waals surface area contributed by atoms with Crippen LogP contribution in [0.25, 0.3) is 0 Å². The molecule has 0 spiro atoms. The van der Waals surface area contributed by atoms with Crippen LogP contribution < -0.4 is 23.7 Å². The van der Waals surface area contributed by atoms with Crippen LogP contribution in [-0.2, 0) is 12.8 Å². The van der Waals surface area contributed by atoms with Gasteiger partial charge in [-0.2, -0.15) is 0 Å². The molecule has 5 N–H and O–H groups in total. The van der Waals surface area contributed by atoms with Gasteiger partial charge >= 0.3 is 0 Å². The molecule has 5 aromatic rings. The maximum atomic E-state index is 11.9. The van der Waals surface area contributed by atoms with E-state index < -0.39 is 22.9 Å². The number of benzene rings is 5. The number of unbranched alkanes of at least 4 members (excludes halogenated alkanes) is 2. The third kappa shape index (κ3) is 36.9. The van der Waals surface area contributed by atoms with Gasteiger partial charge in [0.05, 0.1) is 42.2 Å². The molecule has 0 radical (unpaired) electrons. The molecule has 5 rings (SSSR count). The number of rotatable bonds is 41. The Morgan fingerprint density at radius 2 is 0.815 bits per heavy atom. The Bertz CT molecular complexity index is 2590. The Morgan fingerprint density at radius 3 is 1.21 bits per heavy atom. The molecule has 0 aromatic heterocycles. The minimum atomic E-state index is -0.771. The molecular formula is C81H130O11. The molecular weight excluding hydrogens is 1150 g/mol. The minimum Gasteiger partial charge on any atom is -0.494 e. The van der Waals surface area contributed by atoms with Crippen molar-refractivity contribution in [1.82, 2.24) is 0 Å². The second-order valence-corrected chi connectivity index (χ2v) is 25.4. The summed E-state index contributed by atoms with van der Waals surface area (Å²) in [7, 11) is 0. The number of aliphatic hydroxyl groups excluding tert-OH is 2. The number of carbonyl (C=O) groups excluding carboxylic acids is 1. The average molecular weight is 1280 g/mol. The molecule has 0 heterocycles. The first-order chi connectivity index (χ1) is 44.1. The fourth-order valence-corrected chi connectivity index (χ4v) is 9.89. The zero-order valence-electron chi connectivity index (χ0n) is 60.3. The standard InChI is InChI=1S/C18H28O3.C16H26O3.2C16H26O2.C15H24O/c1-4-8-17(19)15-9-7-10-16(13-15)21-14-18(20,11-5-2)12-6-3;1-4-8-15(17)13-9-7-10-14(11-13)19-12-16(18,5-2)6-3;1-4-8-16(17)14-9-7-10-15(11-14)18-12-13(5-2)6-3;1-4-7-9-14-10-8-11-15(12-14)18-13-16(17,5-2)6-3;1-4-5-7-14-8-6-9-15(12-14)16-11-10-13(2)3/h7,9-10,13,20H,4-6,8,11-12,14H2,1-3H3;7,9-11,15,17-18H,4-6,8,12H2,1-3H3;7,9-11,13,16-17H,4-6,8,12H2,1-3H3;8,10-12,17H,4-7,9,13H2,1-3H3;6,8-9,12-13H,4-5,7,10-11H2,1-3H3. The SMILES string of the molecule is CCCC(=O)c1cccc(OCC(O)(CCC)CCC)c1.CCCC(O)c1cccc(OCC(CC)CC)c1.CCCC(O)c1cccc(OCC(O)(CC)CC)c1.CCCCc1cccc(OCC(O)(CC)CC)c1.CCCCc1cccc(OCCC(C)C)c1. The van der Waals surface area contributed by atoms with Gasteiger partial charge in [0.2, 0.25) is 0 Å². The first kappa shape index (κ1) is 84.6. The van der Waals surface area contributed by atoms with Crippen LogP contribution in [0.3, 0.4) is 0 Å². The number of aryl methyl sites for hydroxylation is 2. The van der Waals surface area contributed by atoms with Gasteiger partial charge < -0.3 is 49.2 Å². The molecule has 0 aliphatic rings. The monoisotopic (exact) mass is 1280 g/mol. The Kier molecular flexibility index (Phi) is 46.0. The van der Waals surface area contributed by atoms with Gasteiger partial charge in [-0.15, -0.1) is 0 Å². The van der Waals surface area contributed by atoms with E-state index in [1.807, 2.05) is 120 Å². The molecule has 0 aliphatic heterocycles. The number of ketones is 1. The maximum Gasteiger partial charge on any atom is 0.162 e. The highest BCUT2D eigenvalue weighted by molar-refractivity contribution is 5.96. The smallest absolute Gasteiger partial charge is 0.162 e. The largest absolute Gasteiger partial charge is 0.494 e. The molecule has 11 heteroatoms.